The Balaban J connectivity index is 2.03. The van der Waals surface area contributed by atoms with E-state index in [0.717, 1.165) is 12.0 Å². The SMILES string of the molecule is CCCNC(=O)C(=O)N/N=C\c1cc(Cl)ccc1OCc1ccccc1Cl. The zero-order valence-corrected chi connectivity index (χ0v) is 16.2. The summed E-state index contributed by atoms with van der Waals surface area (Å²) in [5.74, 6) is -1.08. The molecule has 142 valence electrons. The van der Waals surface area contributed by atoms with Gasteiger partial charge >= 0.3 is 11.8 Å². The van der Waals surface area contributed by atoms with Gasteiger partial charge in [-0.1, -0.05) is 48.3 Å². The number of hydrogen-bond acceptors (Lipinski definition) is 4. The van der Waals surface area contributed by atoms with Crippen molar-refractivity contribution in [3.63, 3.8) is 0 Å². The lowest BCUT2D eigenvalue weighted by molar-refractivity contribution is -0.139. The molecule has 6 nitrogen and oxygen atoms in total. The minimum atomic E-state index is -0.847. The van der Waals surface area contributed by atoms with E-state index in [-0.39, 0.29) is 6.61 Å². The molecule has 0 aromatic heterocycles. The molecule has 2 rings (SSSR count). The minimum Gasteiger partial charge on any atom is -0.488 e. The quantitative estimate of drug-likeness (QED) is 0.418. The number of hydrogen-bond donors (Lipinski definition) is 2. The summed E-state index contributed by atoms with van der Waals surface area (Å²) < 4.78 is 5.79. The van der Waals surface area contributed by atoms with E-state index >= 15 is 0 Å². The smallest absolute Gasteiger partial charge is 0.329 e. The third-order valence-electron chi connectivity index (χ3n) is 3.42. The van der Waals surface area contributed by atoms with E-state index in [0.29, 0.717) is 27.9 Å². The lowest BCUT2D eigenvalue weighted by Gasteiger charge is -2.10. The van der Waals surface area contributed by atoms with E-state index in [1.54, 1.807) is 24.3 Å². The van der Waals surface area contributed by atoms with Gasteiger partial charge in [-0.2, -0.15) is 5.10 Å². The normalized spacial score (nSPS) is 10.6. The van der Waals surface area contributed by atoms with Gasteiger partial charge in [-0.25, -0.2) is 5.43 Å². The molecular formula is C19H19Cl2N3O3. The maximum atomic E-state index is 11.6. The number of carbonyl (C=O) groups excluding carboxylic acids is 2. The van der Waals surface area contributed by atoms with Crippen LogP contribution in [-0.4, -0.2) is 24.6 Å². The number of benzene rings is 2. The van der Waals surface area contributed by atoms with Crippen LogP contribution < -0.4 is 15.5 Å². The van der Waals surface area contributed by atoms with Crippen LogP contribution in [0, 0.1) is 0 Å². The number of carbonyl (C=O) groups is 2. The summed E-state index contributed by atoms with van der Waals surface area (Å²) in [4.78, 5) is 23.1. The molecule has 0 spiro atoms. The maximum Gasteiger partial charge on any atom is 0.329 e. The molecule has 0 radical (unpaired) electrons. The van der Waals surface area contributed by atoms with Crippen LogP contribution in [0.25, 0.3) is 0 Å². The van der Waals surface area contributed by atoms with Crippen LogP contribution in [0.2, 0.25) is 10.0 Å². The molecule has 2 aromatic rings. The third kappa shape index (κ3) is 6.58. The van der Waals surface area contributed by atoms with Gasteiger partial charge in [0, 0.05) is 27.7 Å². The average Bonchev–Trinajstić information content (AvgIpc) is 2.66. The number of amides is 2. The van der Waals surface area contributed by atoms with E-state index in [1.165, 1.54) is 6.21 Å². The van der Waals surface area contributed by atoms with Gasteiger partial charge in [0.2, 0.25) is 0 Å². The van der Waals surface area contributed by atoms with Crippen LogP contribution in [0.4, 0.5) is 0 Å². The maximum absolute atomic E-state index is 11.6. The van der Waals surface area contributed by atoms with Crippen molar-refractivity contribution >= 4 is 41.2 Å². The fourth-order valence-electron chi connectivity index (χ4n) is 2.05. The van der Waals surface area contributed by atoms with Crippen LogP contribution >= 0.6 is 23.2 Å². The first-order valence-electron chi connectivity index (χ1n) is 8.28. The number of nitrogens with one attached hydrogen (secondary N) is 2. The molecule has 0 bridgehead atoms. The highest BCUT2D eigenvalue weighted by molar-refractivity contribution is 6.35. The summed E-state index contributed by atoms with van der Waals surface area (Å²) in [6, 6.07) is 12.4. The lowest BCUT2D eigenvalue weighted by atomic mass is 10.2. The van der Waals surface area contributed by atoms with Crippen LogP contribution in [0.5, 0.6) is 5.75 Å². The number of halogens is 2. The molecular weight excluding hydrogens is 389 g/mol. The summed E-state index contributed by atoms with van der Waals surface area (Å²) in [5, 5.41) is 7.34. The number of nitrogens with zero attached hydrogens (tertiary/aromatic N) is 1. The molecule has 0 fully saturated rings. The standard InChI is InChI=1S/C19H19Cl2N3O3/c1-2-9-22-18(25)19(26)24-23-11-14-10-15(20)7-8-17(14)27-12-13-5-3-4-6-16(13)21/h3-8,10-11H,2,9,12H2,1H3,(H,22,25)(H,24,26)/b23-11-. The molecule has 0 heterocycles. The second kappa shape index (κ2) is 10.5. The van der Waals surface area contributed by atoms with Crippen LogP contribution in [0.1, 0.15) is 24.5 Å². The first-order valence-corrected chi connectivity index (χ1v) is 9.04. The van der Waals surface area contributed by atoms with Crippen LogP contribution in [0.15, 0.2) is 47.6 Å². The van der Waals surface area contributed by atoms with Gasteiger partial charge in [-0.05, 0) is 30.7 Å². The van der Waals surface area contributed by atoms with Crippen molar-refractivity contribution in [2.24, 2.45) is 5.10 Å². The van der Waals surface area contributed by atoms with Crippen LogP contribution in [0.3, 0.4) is 0 Å². The fraction of sp³-hybridized carbons (Fsp3) is 0.211. The second-order valence-corrected chi connectivity index (χ2v) is 6.36. The van der Waals surface area contributed by atoms with Crippen molar-refractivity contribution in [3.8, 4) is 5.75 Å². The van der Waals surface area contributed by atoms with E-state index in [4.69, 9.17) is 27.9 Å². The Morgan fingerprint density at radius 2 is 1.93 bits per heavy atom. The summed E-state index contributed by atoms with van der Waals surface area (Å²) in [6.07, 6.45) is 2.09. The summed E-state index contributed by atoms with van der Waals surface area (Å²) in [7, 11) is 0. The Hall–Kier alpha value is -2.57. The first kappa shape index (κ1) is 20.7. The largest absolute Gasteiger partial charge is 0.488 e. The monoisotopic (exact) mass is 407 g/mol. The molecule has 0 aliphatic carbocycles. The van der Waals surface area contributed by atoms with E-state index in [1.807, 2.05) is 25.1 Å². The predicted molar refractivity (Wildman–Crippen MR) is 106 cm³/mol. The third-order valence-corrected chi connectivity index (χ3v) is 4.03. The number of rotatable bonds is 7. The van der Waals surface area contributed by atoms with Gasteiger partial charge in [0.1, 0.15) is 12.4 Å². The molecule has 27 heavy (non-hydrogen) atoms. The lowest BCUT2D eigenvalue weighted by Crippen LogP contribution is -2.38. The number of ether oxygens (including phenoxy) is 1. The van der Waals surface area contributed by atoms with Gasteiger partial charge in [0.15, 0.2) is 0 Å². The van der Waals surface area contributed by atoms with Crippen molar-refractivity contribution in [2.45, 2.75) is 20.0 Å². The Labute approximate surface area is 167 Å². The molecule has 0 saturated heterocycles. The first-order chi connectivity index (χ1) is 13.0. The molecule has 0 unspecified atom stereocenters. The summed E-state index contributed by atoms with van der Waals surface area (Å²) in [5.41, 5.74) is 3.54. The second-order valence-electron chi connectivity index (χ2n) is 5.52. The van der Waals surface area contributed by atoms with E-state index in [9.17, 15) is 9.59 Å². The number of hydrazone groups is 1. The van der Waals surface area contributed by atoms with Crippen molar-refractivity contribution in [3.05, 3.63) is 63.6 Å². The fourth-order valence-corrected chi connectivity index (χ4v) is 2.42. The van der Waals surface area contributed by atoms with Gasteiger partial charge in [-0.15, -0.1) is 0 Å². The molecule has 2 amide bonds. The van der Waals surface area contributed by atoms with Gasteiger partial charge in [0.25, 0.3) is 0 Å². The highest BCUT2D eigenvalue weighted by Gasteiger charge is 2.11. The summed E-state index contributed by atoms with van der Waals surface area (Å²) in [6.45, 7) is 2.57. The minimum absolute atomic E-state index is 0.258. The molecule has 2 aromatic carbocycles. The molecule has 0 saturated carbocycles. The molecule has 8 heteroatoms. The van der Waals surface area contributed by atoms with Crippen LogP contribution in [-0.2, 0) is 16.2 Å². The Morgan fingerprint density at radius 1 is 1.15 bits per heavy atom. The average molecular weight is 408 g/mol. The van der Waals surface area contributed by atoms with Gasteiger partial charge in [-0.3, -0.25) is 9.59 Å². The highest BCUT2D eigenvalue weighted by atomic mass is 35.5. The molecule has 0 aliphatic heterocycles. The Bertz CT molecular complexity index is 841. The van der Waals surface area contributed by atoms with Crippen molar-refractivity contribution < 1.29 is 14.3 Å². The Morgan fingerprint density at radius 3 is 2.67 bits per heavy atom. The predicted octanol–water partition coefficient (Wildman–Crippen LogP) is 3.55. The Kier molecular flexibility index (Phi) is 8.10. The highest BCUT2D eigenvalue weighted by Crippen LogP contribution is 2.24. The van der Waals surface area contributed by atoms with E-state index < -0.39 is 11.8 Å². The van der Waals surface area contributed by atoms with E-state index in [2.05, 4.69) is 15.8 Å². The van der Waals surface area contributed by atoms with Crippen molar-refractivity contribution in [2.75, 3.05) is 6.54 Å². The van der Waals surface area contributed by atoms with Crippen molar-refractivity contribution in [1.29, 1.82) is 0 Å². The molecule has 0 atom stereocenters. The zero-order chi connectivity index (χ0) is 19.6. The topological polar surface area (TPSA) is 79.8 Å². The molecule has 0 aliphatic rings. The zero-order valence-electron chi connectivity index (χ0n) is 14.7. The van der Waals surface area contributed by atoms with Crippen molar-refractivity contribution in [1.82, 2.24) is 10.7 Å². The summed E-state index contributed by atoms with van der Waals surface area (Å²) >= 11 is 12.1. The van der Waals surface area contributed by atoms with Gasteiger partial charge < -0.3 is 10.1 Å². The molecule has 2 N–H and O–H groups in total. The van der Waals surface area contributed by atoms with Gasteiger partial charge in [0.05, 0.1) is 6.21 Å².